The highest BCUT2D eigenvalue weighted by Crippen LogP contribution is 2.22. The molecule has 0 aliphatic heterocycles. The number of nitrogens with one attached hydrogen (secondary N) is 1. The van der Waals surface area contributed by atoms with Crippen LogP contribution in [0.5, 0.6) is 0 Å². The second kappa shape index (κ2) is 7.93. The summed E-state index contributed by atoms with van der Waals surface area (Å²) < 4.78 is 1.83. The Morgan fingerprint density at radius 3 is 2.32 bits per heavy atom. The van der Waals surface area contributed by atoms with Crippen LogP contribution in [0.4, 0.5) is 5.69 Å². The highest BCUT2D eigenvalue weighted by molar-refractivity contribution is 6.01. The third kappa shape index (κ3) is 4.32. The van der Waals surface area contributed by atoms with Gasteiger partial charge in [-0.3, -0.25) is 4.79 Å². The number of hydrogen-bond acceptors (Lipinski definition) is 2. The third-order valence-corrected chi connectivity index (χ3v) is 3.63. The van der Waals surface area contributed by atoms with E-state index < -0.39 is 0 Å². The molecule has 4 heteroatoms. The normalized spacial score (nSPS) is 9.96. The molecule has 1 amide bonds. The monoisotopic (exact) mass is 329 g/mol. The zero-order chi connectivity index (χ0) is 17.5. The van der Waals surface area contributed by atoms with Gasteiger partial charge in [-0.15, -0.1) is 0 Å². The summed E-state index contributed by atoms with van der Waals surface area (Å²) in [6, 6.07) is 25.8. The van der Waals surface area contributed by atoms with Crippen molar-refractivity contribution in [2.45, 2.75) is 6.92 Å². The van der Waals surface area contributed by atoms with E-state index in [4.69, 9.17) is 0 Å². The fourth-order valence-electron chi connectivity index (χ4n) is 2.53. The van der Waals surface area contributed by atoms with Crippen molar-refractivity contribution in [1.29, 1.82) is 0 Å². The molecule has 0 aliphatic rings. The lowest BCUT2D eigenvalue weighted by Crippen LogP contribution is -2.05. The van der Waals surface area contributed by atoms with Crippen LogP contribution in [0, 0.1) is 0 Å². The van der Waals surface area contributed by atoms with Crippen molar-refractivity contribution < 1.29 is 4.79 Å². The molecule has 0 saturated heterocycles. The van der Waals surface area contributed by atoms with Gasteiger partial charge in [-0.1, -0.05) is 54.6 Å². The van der Waals surface area contributed by atoms with Crippen LogP contribution in [0.1, 0.15) is 6.92 Å². The molecule has 4 nitrogen and oxygen atoms in total. The van der Waals surface area contributed by atoms with Crippen molar-refractivity contribution in [1.82, 2.24) is 9.78 Å². The average molecular weight is 329 g/mol. The van der Waals surface area contributed by atoms with Gasteiger partial charge in [0.2, 0.25) is 5.91 Å². The van der Waals surface area contributed by atoms with E-state index in [0.717, 1.165) is 22.1 Å². The van der Waals surface area contributed by atoms with Gasteiger partial charge in [0.05, 0.1) is 5.69 Å². The van der Waals surface area contributed by atoms with E-state index in [0.29, 0.717) is 0 Å². The molecule has 0 saturated carbocycles. The molecule has 0 unspecified atom stereocenters. The maximum Gasteiger partial charge on any atom is 0.221 e. The molecule has 3 aromatic carbocycles. The van der Waals surface area contributed by atoms with Gasteiger partial charge in [-0.2, -0.15) is 5.10 Å². The lowest BCUT2D eigenvalue weighted by Gasteiger charge is -2.05. The van der Waals surface area contributed by atoms with Crippen molar-refractivity contribution in [3.05, 3.63) is 91.3 Å². The zero-order valence-electron chi connectivity index (χ0n) is 14.0. The van der Waals surface area contributed by atoms with Gasteiger partial charge in [0, 0.05) is 30.4 Å². The maximum absolute atomic E-state index is 10.9. The molecule has 1 N–H and O–H groups in total. The number of hydrogen-bond donors (Lipinski definition) is 1. The summed E-state index contributed by atoms with van der Waals surface area (Å²) in [6.45, 7) is 1.52. The molecule has 4 aromatic rings. The maximum atomic E-state index is 10.9. The van der Waals surface area contributed by atoms with E-state index in [1.165, 1.54) is 6.92 Å². The molecule has 1 heterocycles. The molecule has 0 spiro atoms. The minimum Gasteiger partial charge on any atom is -0.326 e. The van der Waals surface area contributed by atoms with E-state index >= 15 is 0 Å². The highest BCUT2D eigenvalue weighted by atomic mass is 16.1. The molecular weight excluding hydrogens is 310 g/mol. The van der Waals surface area contributed by atoms with Crippen LogP contribution in [-0.2, 0) is 4.79 Å². The van der Waals surface area contributed by atoms with Gasteiger partial charge >= 0.3 is 0 Å². The molecule has 1 aromatic heterocycles. The second-order valence-corrected chi connectivity index (χ2v) is 5.49. The van der Waals surface area contributed by atoms with Gasteiger partial charge in [0.25, 0.3) is 0 Å². The number of benzene rings is 3. The minimum absolute atomic E-state index is 0.0404. The van der Waals surface area contributed by atoms with Crippen LogP contribution >= 0.6 is 0 Å². The summed E-state index contributed by atoms with van der Waals surface area (Å²) >= 11 is 0. The number of nitrogens with zero attached hydrogens (tertiary/aromatic N) is 2. The SMILES string of the molecule is CC(=O)Nc1cccc2ccccc12.c1ccc(-n2cccn2)cc1. The molecule has 0 atom stereocenters. The van der Waals surface area contributed by atoms with Crippen LogP contribution in [0.15, 0.2) is 91.3 Å². The second-order valence-electron chi connectivity index (χ2n) is 5.49. The van der Waals surface area contributed by atoms with Crippen LogP contribution in [0.25, 0.3) is 16.5 Å². The first-order chi connectivity index (χ1) is 12.2. The average Bonchev–Trinajstić information content (AvgIpc) is 3.18. The summed E-state index contributed by atoms with van der Waals surface area (Å²) in [5, 5.41) is 9.12. The molecule has 0 aliphatic carbocycles. The Morgan fingerprint density at radius 2 is 1.60 bits per heavy atom. The molecule has 4 rings (SSSR count). The number of aromatic nitrogens is 2. The predicted molar refractivity (Wildman–Crippen MR) is 102 cm³/mol. The van der Waals surface area contributed by atoms with Crippen LogP contribution in [-0.4, -0.2) is 15.7 Å². The fraction of sp³-hybridized carbons (Fsp3) is 0.0476. The van der Waals surface area contributed by atoms with Crippen LogP contribution in [0.2, 0.25) is 0 Å². The predicted octanol–water partition coefficient (Wildman–Crippen LogP) is 4.67. The van der Waals surface area contributed by atoms with E-state index in [1.807, 2.05) is 89.7 Å². The van der Waals surface area contributed by atoms with Crippen molar-refractivity contribution >= 4 is 22.4 Å². The van der Waals surface area contributed by atoms with E-state index in [1.54, 1.807) is 6.20 Å². The quantitative estimate of drug-likeness (QED) is 0.581. The van der Waals surface area contributed by atoms with Crippen molar-refractivity contribution in [3.63, 3.8) is 0 Å². The Morgan fingerprint density at radius 1 is 0.880 bits per heavy atom. The zero-order valence-corrected chi connectivity index (χ0v) is 14.0. The summed E-state index contributed by atoms with van der Waals surface area (Å²) in [6.07, 6.45) is 3.70. The smallest absolute Gasteiger partial charge is 0.221 e. The topological polar surface area (TPSA) is 46.9 Å². The first-order valence-electron chi connectivity index (χ1n) is 8.04. The summed E-state index contributed by atoms with van der Waals surface area (Å²) in [5.74, 6) is -0.0404. The van der Waals surface area contributed by atoms with Crippen molar-refractivity contribution in [2.75, 3.05) is 5.32 Å². The minimum atomic E-state index is -0.0404. The number of carbonyl (C=O) groups is 1. The Balaban J connectivity index is 0.000000150. The first kappa shape index (κ1) is 16.5. The summed E-state index contributed by atoms with van der Waals surface area (Å²) in [4.78, 5) is 10.9. The fourth-order valence-corrected chi connectivity index (χ4v) is 2.53. The standard InChI is InChI=1S/C12H11NO.C9H8N2/c1-9(14)13-12-8-4-6-10-5-2-3-7-11(10)12;1-2-5-9(6-3-1)11-8-4-7-10-11/h2-8H,1H3,(H,13,14);1-8H. The largest absolute Gasteiger partial charge is 0.326 e. The molecule has 25 heavy (non-hydrogen) atoms. The molecule has 0 radical (unpaired) electrons. The Bertz CT molecular complexity index is 942. The van der Waals surface area contributed by atoms with Crippen LogP contribution in [0.3, 0.4) is 0 Å². The Hall–Kier alpha value is -3.40. The van der Waals surface area contributed by atoms with Gasteiger partial charge in [0.15, 0.2) is 0 Å². The van der Waals surface area contributed by atoms with Gasteiger partial charge in [-0.05, 0) is 29.7 Å². The van der Waals surface area contributed by atoms with E-state index in [9.17, 15) is 4.79 Å². The van der Waals surface area contributed by atoms with Gasteiger partial charge in [0.1, 0.15) is 0 Å². The Kier molecular flexibility index (Phi) is 5.22. The summed E-state index contributed by atoms with van der Waals surface area (Å²) in [7, 11) is 0. The van der Waals surface area contributed by atoms with Gasteiger partial charge in [-0.25, -0.2) is 4.68 Å². The number of para-hydroxylation sites is 1. The molecular formula is C21H19N3O. The molecule has 0 fully saturated rings. The van der Waals surface area contributed by atoms with Crippen molar-refractivity contribution in [3.8, 4) is 5.69 Å². The highest BCUT2D eigenvalue weighted by Gasteiger charge is 2.00. The number of amides is 1. The summed E-state index contributed by atoms with van der Waals surface area (Å²) in [5.41, 5.74) is 1.97. The van der Waals surface area contributed by atoms with E-state index in [-0.39, 0.29) is 5.91 Å². The number of carbonyl (C=O) groups excluding carboxylic acids is 1. The van der Waals surface area contributed by atoms with Gasteiger partial charge < -0.3 is 5.32 Å². The number of fused-ring (bicyclic) bond motifs is 1. The Labute approximate surface area is 146 Å². The molecule has 0 bridgehead atoms. The van der Waals surface area contributed by atoms with Crippen LogP contribution < -0.4 is 5.32 Å². The third-order valence-electron chi connectivity index (χ3n) is 3.63. The lowest BCUT2D eigenvalue weighted by atomic mass is 10.1. The number of rotatable bonds is 2. The lowest BCUT2D eigenvalue weighted by molar-refractivity contribution is -0.114. The first-order valence-corrected chi connectivity index (χ1v) is 8.04. The van der Waals surface area contributed by atoms with Crippen molar-refractivity contribution in [2.24, 2.45) is 0 Å². The molecule has 124 valence electrons. The number of anilines is 1. The van der Waals surface area contributed by atoms with E-state index in [2.05, 4.69) is 10.4 Å².